The summed E-state index contributed by atoms with van der Waals surface area (Å²) in [6, 6.07) is 3.44. The first-order valence-corrected chi connectivity index (χ1v) is 7.41. The van der Waals surface area contributed by atoms with Crippen molar-refractivity contribution in [2.75, 3.05) is 46.3 Å². The van der Waals surface area contributed by atoms with Crippen molar-refractivity contribution in [3.8, 4) is 17.2 Å². The number of ether oxygens (including phenoxy) is 3. The summed E-state index contributed by atoms with van der Waals surface area (Å²) in [6.07, 6.45) is 0.443. The van der Waals surface area contributed by atoms with Crippen molar-refractivity contribution in [2.45, 2.75) is 20.3 Å². The Labute approximate surface area is 132 Å². The molecular formula is C16H26N2O4. The number of nitrogens with one attached hydrogen (secondary N) is 1. The molecule has 0 aliphatic heterocycles. The zero-order valence-corrected chi connectivity index (χ0v) is 14.1. The van der Waals surface area contributed by atoms with Crippen molar-refractivity contribution in [3.05, 3.63) is 12.1 Å². The summed E-state index contributed by atoms with van der Waals surface area (Å²) in [4.78, 5) is 14.3. The van der Waals surface area contributed by atoms with E-state index in [2.05, 4.69) is 24.1 Å². The van der Waals surface area contributed by atoms with E-state index in [4.69, 9.17) is 14.2 Å². The molecule has 1 aromatic carbocycles. The zero-order chi connectivity index (χ0) is 16.5. The van der Waals surface area contributed by atoms with E-state index >= 15 is 0 Å². The minimum atomic E-state index is -0.0406. The number of carbonyl (C=O) groups is 1. The summed E-state index contributed by atoms with van der Waals surface area (Å²) in [5, 5.41) is 2.87. The first-order chi connectivity index (χ1) is 10.6. The lowest BCUT2D eigenvalue weighted by Crippen LogP contribution is -2.27. The van der Waals surface area contributed by atoms with Gasteiger partial charge in [-0.2, -0.15) is 0 Å². The van der Waals surface area contributed by atoms with Crippen molar-refractivity contribution >= 4 is 11.6 Å². The van der Waals surface area contributed by atoms with Crippen LogP contribution in [0.15, 0.2) is 12.1 Å². The lowest BCUT2D eigenvalue weighted by Gasteiger charge is -2.18. The number of rotatable bonds is 9. The Hall–Kier alpha value is -1.95. The molecule has 0 heterocycles. The van der Waals surface area contributed by atoms with Crippen molar-refractivity contribution < 1.29 is 19.0 Å². The van der Waals surface area contributed by atoms with Gasteiger partial charge in [0.2, 0.25) is 11.7 Å². The van der Waals surface area contributed by atoms with E-state index in [1.165, 1.54) is 0 Å². The van der Waals surface area contributed by atoms with E-state index in [9.17, 15) is 4.79 Å². The van der Waals surface area contributed by atoms with Crippen LogP contribution in [0.1, 0.15) is 20.3 Å². The third-order valence-electron chi connectivity index (χ3n) is 3.50. The number of hydrogen-bond donors (Lipinski definition) is 1. The van der Waals surface area contributed by atoms with Crippen molar-refractivity contribution in [1.29, 1.82) is 0 Å². The van der Waals surface area contributed by atoms with Crippen LogP contribution in [0.25, 0.3) is 0 Å². The molecule has 0 saturated heterocycles. The quantitative estimate of drug-likeness (QED) is 0.759. The van der Waals surface area contributed by atoms with Crippen LogP contribution in [-0.4, -0.2) is 51.8 Å². The molecule has 0 aliphatic carbocycles. The minimum absolute atomic E-state index is 0.0406. The molecule has 6 heteroatoms. The number of carbonyl (C=O) groups excluding carboxylic acids is 1. The van der Waals surface area contributed by atoms with Crippen LogP contribution < -0.4 is 19.5 Å². The number of benzene rings is 1. The average Bonchev–Trinajstić information content (AvgIpc) is 2.54. The molecule has 1 rings (SSSR count). The molecule has 1 aromatic rings. The molecule has 6 nitrogen and oxygen atoms in total. The lowest BCUT2D eigenvalue weighted by molar-refractivity contribution is -0.116. The van der Waals surface area contributed by atoms with E-state index in [1.54, 1.807) is 33.5 Å². The van der Waals surface area contributed by atoms with Gasteiger partial charge in [0.05, 0.1) is 21.3 Å². The van der Waals surface area contributed by atoms with Gasteiger partial charge in [-0.3, -0.25) is 4.79 Å². The molecule has 0 fully saturated rings. The fraction of sp³-hybridized carbons (Fsp3) is 0.562. The molecule has 22 heavy (non-hydrogen) atoms. The minimum Gasteiger partial charge on any atom is -0.493 e. The van der Waals surface area contributed by atoms with Gasteiger partial charge in [-0.15, -0.1) is 0 Å². The summed E-state index contributed by atoms with van der Waals surface area (Å²) >= 11 is 0. The van der Waals surface area contributed by atoms with Gasteiger partial charge < -0.3 is 24.4 Å². The van der Waals surface area contributed by atoms with Crippen LogP contribution in [0.5, 0.6) is 17.2 Å². The third kappa shape index (κ3) is 4.80. The van der Waals surface area contributed by atoms with Gasteiger partial charge >= 0.3 is 0 Å². The second-order valence-electron chi connectivity index (χ2n) is 4.74. The molecule has 0 radical (unpaired) electrons. The predicted molar refractivity (Wildman–Crippen MR) is 87.1 cm³/mol. The molecule has 0 spiro atoms. The number of nitrogens with zero attached hydrogens (tertiary/aromatic N) is 1. The van der Waals surface area contributed by atoms with Gasteiger partial charge in [0.25, 0.3) is 0 Å². The van der Waals surface area contributed by atoms with Gasteiger partial charge in [0.1, 0.15) is 0 Å². The smallest absolute Gasteiger partial charge is 0.225 e. The normalized spacial score (nSPS) is 10.5. The molecule has 0 unspecified atom stereocenters. The number of hydrogen-bond acceptors (Lipinski definition) is 5. The molecule has 1 N–H and O–H groups in total. The third-order valence-corrected chi connectivity index (χ3v) is 3.50. The van der Waals surface area contributed by atoms with Crippen LogP contribution in [0.3, 0.4) is 0 Å². The van der Waals surface area contributed by atoms with Crippen molar-refractivity contribution in [3.63, 3.8) is 0 Å². The second kappa shape index (κ2) is 9.15. The molecule has 124 valence electrons. The summed E-state index contributed by atoms with van der Waals surface area (Å²) in [7, 11) is 4.63. The molecule has 0 saturated carbocycles. The molecule has 0 aliphatic rings. The van der Waals surface area contributed by atoms with Gasteiger partial charge in [-0.05, 0) is 13.1 Å². The highest BCUT2D eigenvalue weighted by Crippen LogP contribution is 2.39. The van der Waals surface area contributed by atoms with Gasteiger partial charge in [-0.25, -0.2) is 0 Å². The highest BCUT2D eigenvalue weighted by molar-refractivity contribution is 5.91. The summed E-state index contributed by atoms with van der Waals surface area (Å²) < 4.78 is 15.8. The van der Waals surface area contributed by atoms with E-state index in [0.29, 0.717) is 29.4 Å². The Bertz CT molecular complexity index is 462. The van der Waals surface area contributed by atoms with Crippen molar-refractivity contribution in [2.24, 2.45) is 0 Å². The largest absolute Gasteiger partial charge is 0.493 e. The fourth-order valence-electron chi connectivity index (χ4n) is 2.18. The lowest BCUT2D eigenvalue weighted by atomic mass is 10.2. The maximum atomic E-state index is 12.1. The van der Waals surface area contributed by atoms with Crippen LogP contribution in [0, 0.1) is 0 Å². The molecule has 0 bridgehead atoms. The topological polar surface area (TPSA) is 60.0 Å². The predicted octanol–water partition coefficient (Wildman–Crippen LogP) is 2.38. The highest BCUT2D eigenvalue weighted by Gasteiger charge is 2.14. The van der Waals surface area contributed by atoms with Crippen LogP contribution in [-0.2, 0) is 4.79 Å². The van der Waals surface area contributed by atoms with Crippen LogP contribution >= 0.6 is 0 Å². The first kappa shape index (κ1) is 18.1. The number of amides is 1. The molecule has 0 aromatic heterocycles. The van der Waals surface area contributed by atoms with Crippen LogP contribution in [0.2, 0.25) is 0 Å². The first-order valence-electron chi connectivity index (χ1n) is 7.41. The zero-order valence-electron chi connectivity index (χ0n) is 14.1. The maximum absolute atomic E-state index is 12.1. The summed E-state index contributed by atoms with van der Waals surface area (Å²) in [5.74, 6) is 1.49. The van der Waals surface area contributed by atoms with Gasteiger partial charge in [-0.1, -0.05) is 13.8 Å². The van der Waals surface area contributed by atoms with Gasteiger partial charge in [0.15, 0.2) is 11.5 Å². The van der Waals surface area contributed by atoms with E-state index in [1.807, 2.05) is 0 Å². The van der Waals surface area contributed by atoms with Crippen LogP contribution in [0.4, 0.5) is 5.69 Å². The second-order valence-corrected chi connectivity index (χ2v) is 4.74. The van der Waals surface area contributed by atoms with Crippen molar-refractivity contribution in [1.82, 2.24) is 4.90 Å². The Morgan fingerprint density at radius 1 is 1.05 bits per heavy atom. The van der Waals surface area contributed by atoms with E-state index < -0.39 is 0 Å². The van der Waals surface area contributed by atoms with Gasteiger partial charge in [0, 0.05) is 30.8 Å². The fourth-order valence-corrected chi connectivity index (χ4v) is 2.18. The highest BCUT2D eigenvalue weighted by atomic mass is 16.5. The molecule has 1 amide bonds. The maximum Gasteiger partial charge on any atom is 0.225 e. The standard InChI is InChI=1S/C16H26N2O4/c1-6-18(7-2)9-8-15(19)17-12-10-13(20-3)16(22-5)14(11-12)21-4/h10-11H,6-9H2,1-5H3,(H,17,19). The van der Waals surface area contributed by atoms with E-state index in [0.717, 1.165) is 19.6 Å². The number of anilines is 1. The Kier molecular flexibility index (Phi) is 7.52. The Balaban J connectivity index is 2.78. The molecular weight excluding hydrogens is 284 g/mol. The SMILES string of the molecule is CCN(CC)CCC(=O)Nc1cc(OC)c(OC)c(OC)c1. The Morgan fingerprint density at radius 3 is 2.00 bits per heavy atom. The Morgan fingerprint density at radius 2 is 1.59 bits per heavy atom. The number of methoxy groups -OCH3 is 3. The molecule has 0 atom stereocenters. The summed E-state index contributed by atoms with van der Waals surface area (Å²) in [6.45, 7) is 6.78. The van der Waals surface area contributed by atoms with E-state index in [-0.39, 0.29) is 5.91 Å². The summed E-state index contributed by atoms with van der Waals surface area (Å²) in [5.41, 5.74) is 0.624. The average molecular weight is 310 g/mol. The monoisotopic (exact) mass is 310 g/mol.